The minimum absolute atomic E-state index is 0.219. The molecule has 0 spiro atoms. The third kappa shape index (κ3) is 2.46. The summed E-state index contributed by atoms with van der Waals surface area (Å²) in [5.41, 5.74) is 6.73. The molecule has 2 nitrogen and oxygen atoms in total. The molecule has 0 bridgehead atoms. The lowest BCUT2D eigenvalue weighted by atomic mass is 10.0. The normalized spacial score (nSPS) is 10.4. The molecule has 0 aliphatic carbocycles. The summed E-state index contributed by atoms with van der Waals surface area (Å²) >= 11 is 17.9. The standard InChI is InChI=1S/C13H8Cl3NO/c14-10-3-1-2-9(12(10)16)13(18)8-5-4-7(17)6-11(8)15/h1-6H,17H2. The summed E-state index contributed by atoms with van der Waals surface area (Å²) in [5.74, 6) is -0.285. The van der Waals surface area contributed by atoms with E-state index in [0.717, 1.165) is 0 Å². The molecule has 0 fully saturated rings. The summed E-state index contributed by atoms with van der Waals surface area (Å²) in [6, 6.07) is 9.57. The van der Waals surface area contributed by atoms with E-state index >= 15 is 0 Å². The number of nitrogens with two attached hydrogens (primary N) is 1. The molecule has 0 aliphatic heterocycles. The maximum absolute atomic E-state index is 12.3. The van der Waals surface area contributed by atoms with E-state index in [-0.39, 0.29) is 15.8 Å². The lowest BCUT2D eigenvalue weighted by Gasteiger charge is -2.07. The zero-order valence-electron chi connectivity index (χ0n) is 9.08. The van der Waals surface area contributed by atoms with E-state index in [1.54, 1.807) is 30.3 Å². The number of hydrogen-bond acceptors (Lipinski definition) is 2. The predicted molar refractivity (Wildman–Crippen MR) is 75.8 cm³/mol. The van der Waals surface area contributed by atoms with Crippen molar-refractivity contribution in [2.75, 3.05) is 5.73 Å². The lowest BCUT2D eigenvalue weighted by molar-refractivity contribution is 0.103. The monoisotopic (exact) mass is 299 g/mol. The topological polar surface area (TPSA) is 43.1 Å². The van der Waals surface area contributed by atoms with Gasteiger partial charge < -0.3 is 5.73 Å². The highest BCUT2D eigenvalue weighted by Crippen LogP contribution is 2.29. The van der Waals surface area contributed by atoms with Crippen LogP contribution in [0.4, 0.5) is 5.69 Å². The van der Waals surface area contributed by atoms with Crippen LogP contribution in [0.1, 0.15) is 15.9 Å². The molecule has 2 aromatic carbocycles. The molecule has 0 saturated carbocycles. The van der Waals surface area contributed by atoms with Gasteiger partial charge in [0.15, 0.2) is 5.78 Å². The van der Waals surface area contributed by atoms with Gasteiger partial charge in [0.05, 0.1) is 15.1 Å². The van der Waals surface area contributed by atoms with Crippen molar-refractivity contribution < 1.29 is 4.79 Å². The number of benzene rings is 2. The Morgan fingerprint density at radius 3 is 2.33 bits per heavy atom. The number of anilines is 1. The highest BCUT2D eigenvalue weighted by molar-refractivity contribution is 6.45. The Balaban J connectivity index is 2.51. The molecule has 5 heteroatoms. The van der Waals surface area contributed by atoms with Crippen molar-refractivity contribution in [1.29, 1.82) is 0 Å². The Kier molecular flexibility index (Phi) is 3.81. The van der Waals surface area contributed by atoms with E-state index in [2.05, 4.69) is 0 Å². The zero-order valence-corrected chi connectivity index (χ0v) is 11.4. The fourth-order valence-electron chi connectivity index (χ4n) is 1.54. The van der Waals surface area contributed by atoms with E-state index in [9.17, 15) is 4.79 Å². The zero-order chi connectivity index (χ0) is 13.3. The Morgan fingerprint density at radius 1 is 0.944 bits per heavy atom. The largest absolute Gasteiger partial charge is 0.399 e. The number of rotatable bonds is 2. The molecule has 2 aromatic rings. The third-order valence-electron chi connectivity index (χ3n) is 2.43. The summed E-state index contributed by atoms with van der Waals surface area (Å²) in [7, 11) is 0. The van der Waals surface area contributed by atoms with Crippen LogP contribution in [0.3, 0.4) is 0 Å². The summed E-state index contributed by atoms with van der Waals surface area (Å²) in [5, 5.41) is 0.835. The van der Waals surface area contributed by atoms with Crippen LogP contribution in [-0.2, 0) is 0 Å². The Hall–Kier alpha value is -1.22. The van der Waals surface area contributed by atoms with Gasteiger partial charge >= 0.3 is 0 Å². The van der Waals surface area contributed by atoms with E-state index in [1.165, 1.54) is 6.07 Å². The number of carbonyl (C=O) groups excluding carboxylic acids is 1. The Labute approximate surface area is 119 Å². The van der Waals surface area contributed by atoms with Gasteiger partial charge in [0.2, 0.25) is 0 Å². The first-order valence-electron chi connectivity index (χ1n) is 5.04. The lowest BCUT2D eigenvalue weighted by Crippen LogP contribution is -2.03. The van der Waals surface area contributed by atoms with Crippen LogP contribution in [0.5, 0.6) is 0 Å². The number of hydrogen-bond donors (Lipinski definition) is 1. The molecular formula is C13H8Cl3NO. The molecule has 2 N–H and O–H groups in total. The summed E-state index contributed by atoms with van der Waals surface area (Å²) < 4.78 is 0. The van der Waals surface area contributed by atoms with Crippen molar-refractivity contribution in [2.24, 2.45) is 0 Å². The highest BCUT2D eigenvalue weighted by atomic mass is 35.5. The molecule has 0 radical (unpaired) electrons. The number of nitrogen functional groups attached to an aromatic ring is 1. The van der Waals surface area contributed by atoms with Crippen LogP contribution in [-0.4, -0.2) is 5.78 Å². The first-order valence-corrected chi connectivity index (χ1v) is 6.18. The summed E-state index contributed by atoms with van der Waals surface area (Å²) in [6.07, 6.45) is 0. The van der Waals surface area contributed by atoms with Gasteiger partial charge in [0.25, 0.3) is 0 Å². The van der Waals surface area contributed by atoms with E-state index in [0.29, 0.717) is 21.8 Å². The molecule has 2 rings (SSSR count). The van der Waals surface area contributed by atoms with Crippen molar-refractivity contribution in [1.82, 2.24) is 0 Å². The minimum atomic E-state index is -0.285. The van der Waals surface area contributed by atoms with Gasteiger partial charge in [-0.25, -0.2) is 0 Å². The minimum Gasteiger partial charge on any atom is -0.399 e. The van der Waals surface area contributed by atoms with Gasteiger partial charge in [-0.05, 0) is 30.3 Å². The highest BCUT2D eigenvalue weighted by Gasteiger charge is 2.17. The number of ketones is 1. The van der Waals surface area contributed by atoms with E-state index < -0.39 is 0 Å². The molecular weight excluding hydrogens is 293 g/mol. The van der Waals surface area contributed by atoms with E-state index in [1.807, 2.05) is 0 Å². The van der Waals surface area contributed by atoms with Gasteiger partial charge in [-0.2, -0.15) is 0 Å². The fraction of sp³-hybridized carbons (Fsp3) is 0. The van der Waals surface area contributed by atoms with Crippen molar-refractivity contribution in [3.05, 3.63) is 62.6 Å². The second-order valence-corrected chi connectivity index (χ2v) is 4.86. The Bertz CT molecular complexity index is 626. The molecule has 0 saturated heterocycles. The van der Waals surface area contributed by atoms with Crippen molar-refractivity contribution in [3.8, 4) is 0 Å². The van der Waals surface area contributed by atoms with Crippen molar-refractivity contribution in [3.63, 3.8) is 0 Å². The summed E-state index contributed by atoms with van der Waals surface area (Å²) in [4.78, 5) is 12.3. The van der Waals surface area contributed by atoms with Gasteiger partial charge in [0, 0.05) is 16.8 Å². The van der Waals surface area contributed by atoms with Crippen molar-refractivity contribution >= 4 is 46.3 Å². The van der Waals surface area contributed by atoms with Crippen LogP contribution < -0.4 is 5.73 Å². The molecule has 0 atom stereocenters. The third-order valence-corrected chi connectivity index (χ3v) is 3.57. The SMILES string of the molecule is Nc1ccc(C(=O)c2cccc(Cl)c2Cl)c(Cl)c1. The fourth-order valence-corrected chi connectivity index (χ4v) is 2.20. The molecule has 0 heterocycles. The molecule has 0 aromatic heterocycles. The van der Waals surface area contributed by atoms with Crippen LogP contribution in [0.2, 0.25) is 15.1 Å². The maximum atomic E-state index is 12.3. The van der Waals surface area contributed by atoms with Gasteiger partial charge in [-0.1, -0.05) is 40.9 Å². The molecule has 0 unspecified atom stereocenters. The second kappa shape index (κ2) is 5.19. The number of carbonyl (C=O) groups is 1. The first-order chi connectivity index (χ1) is 8.50. The van der Waals surface area contributed by atoms with E-state index in [4.69, 9.17) is 40.5 Å². The first kappa shape index (κ1) is 13.2. The molecule has 92 valence electrons. The molecule has 0 amide bonds. The second-order valence-electron chi connectivity index (χ2n) is 3.67. The van der Waals surface area contributed by atoms with Crippen molar-refractivity contribution in [2.45, 2.75) is 0 Å². The average Bonchev–Trinajstić information content (AvgIpc) is 2.32. The number of halogens is 3. The maximum Gasteiger partial charge on any atom is 0.196 e. The smallest absolute Gasteiger partial charge is 0.196 e. The summed E-state index contributed by atoms with van der Waals surface area (Å²) in [6.45, 7) is 0. The molecule has 0 aliphatic rings. The van der Waals surface area contributed by atoms with Crippen LogP contribution in [0.15, 0.2) is 36.4 Å². The molecule has 18 heavy (non-hydrogen) atoms. The predicted octanol–water partition coefficient (Wildman–Crippen LogP) is 4.46. The Morgan fingerprint density at radius 2 is 1.67 bits per heavy atom. The van der Waals surface area contributed by atoms with Crippen LogP contribution in [0, 0.1) is 0 Å². The van der Waals surface area contributed by atoms with Gasteiger partial charge in [-0.3, -0.25) is 4.79 Å². The van der Waals surface area contributed by atoms with Crippen LogP contribution >= 0.6 is 34.8 Å². The van der Waals surface area contributed by atoms with Gasteiger partial charge in [-0.15, -0.1) is 0 Å². The quantitative estimate of drug-likeness (QED) is 0.657. The average molecular weight is 301 g/mol. The van der Waals surface area contributed by atoms with Crippen LogP contribution in [0.25, 0.3) is 0 Å². The van der Waals surface area contributed by atoms with Gasteiger partial charge in [0.1, 0.15) is 0 Å².